The summed E-state index contributed by atoms with van der Waals surface area (Å²) >= 11 is 0. The maximum atomic E-state index is 10.7. The van der Waals surface area contributed by atoms with Crippen molar-refractivity contribution in [2.75, 3.05) is 26.8 Å². The molecule has 3 N–H and O–H groups in total. The highest BCUT2D eigenvalue weighted by Gasteiger charge is 2.11. The molecule has 0 fully saturated rings. The van der Waals surface area contributed by atoms with Gasteiger partial charge < -0.3 is 20.1 Å². The van der Waals surface area contributed by atoms with E-state index in [0.29, 0.717) is 19.7 Å². The molecule has 1 aromatic carbocycles. The van der Waals surface area contributed by atoms with Gasteiger partial charge in [0.2, 0.25) is 0 Å². The summed E-state index contributed by atoms with van der Waals surface area (Å²) in [4.78, 5) is 12.4. The first-order valence-corrected chi connectivity index (χ1v) is 5.47. The molecule has 0 amide bonds. The number of benzene rings is 1. The van der Waals surface area contributed by atoms with Crippen LogP contribution in [0.1, 0.15) is 5.56 Å². The van der Waals surface area contributed by atoms with Crippen molar-refractivity contribution >= 4 is 5.97 Å². The average Bonchev–Trinajstić information content (AvgIpc) is 2.30. The number of hydrogen-bond acceptors (Lipinski definition) is 5. The van der Waals surface area contributed by atoms with Crippen molar-refractivity contribution in [3.8, 4) is 11.5 Å². The van der Waals surface area contributed by atoms with Gasteiger partial charge in [-0.25, -0.2) is 0 Å². The van der Waals surface area contributed by atoms with Gasteiger partial charge in [0.05, 0.1) is 13.2 Å². The first-order chi connectivity index (χ1) is 8.52. The Bertz CT molecular complexity index is 407. The van der Waals surface area contributed by atoms with Crippen LogP contribution in [-0.4, -0.2) is 53.0 Å². The fourth-order valence-electron chi connectivity index (χ4n) is 1.55. The third kappa shape index (κ3) is 4.60. The molecule has 1 rings (SSSR count). The lowest BCUT2D eigenvalue weighted by molar-refractivity contribution is -0.138. The summed E-state index contributed by atoms with van der Waals surface area (Å²) < 4.78 is 4.91. The van der Waals surface area contributed by atoms with Crippen molar-refractivity contribution in [1.82, 2.24) is 4.90 Å². The molecule has 0 aliphatic rings. The third-order valence-electron chi connectivity index (χ3n) is 2.42. The lowest BCUT2D eigenvalue weighted by Gasteiger charge is -2.19. The van der Waals surface area contributed by atoms with Crippen LogP contribution < -0.4 is 0 Å². The number of rotatable bonds is 7. The molecule has 0 aliphatic carbocycles. The molecule has 0 spiro atoms. The Morgan fingerprint density at radius 1 is 1.33 bits per heavy atom. The number of carboxylic acid groups (broad SMARTS) is 1. The number of carbonyl (C=O) groups is 1. The van der Waals surface area contributed by atoms with E-state index in [-0.39, 0.29) is 18.0 Å². The number of hydrogen-bond donors (Lipinski definition) is 3. The van der Waals surface area contributed by atoms with E-state index in [2.05, 4.69) is 0 Å². The maximum Gasteiger partial charge on any atom is 0.317 e. The Balaban J connectivity index is 2.68. The van der Waals surface area contributed by atoms with Crippen molar-refractivity contribution in [1.29, 1.82) is 0 Å². The van der Waals surface area contributed by atoms with Gasteiger partial charge in [-0.3, -0.25) is 9.69 Å². The van der Waals surface area contributed by atoms with Gasteiger partial charge in [0.15, 0.2) is 11.5 Å². The van der Waals surface area contributed by atoms with Gasteiger partial charge in [-0.1, -0.05) is 6.07 Å². The first kappa shape index (κ1) is 14.3. The minimum atomic E-state index is -0.922. The normalized spacial score (nSPS) is 10.8. The number of aromatic hydroxyl groups is 2. The van der Waals surface area contributed by atoms with E-state index in [1.807, 2.05) is 0 Å². The van der Waals surface area contributed by atoms with Gasteiger partial charge in [0.1, 0.15) is 0 Å². The number of carboxylic acids is 1. The largest absolute Gasteiger partial charge is 0.504 e. The van der Waals surface area contributed by atoms with E-state index in [0.717, 1.165) is 5.56 Å². The molecular weight excluding hydrogens is 238 g/mol. The molecule has 0 saturated heterocycles. The van der Waals surface area contributed by atoms with E-state index in [1.165, 1.54) is 12.1 Å². The van der Waals surface area contributed by atoms with Crippen LogP contribution >= 0.6 is 0 Å². The summed E-state index contributed by atoms with van der Waals surface area (Å²) in [7, 11) is 1.55. The topological polar surface area (TPSA) is 90.2 Å². The zero-order chi connectivity index (χ0) is 13.5. The predicted molar refractivity (Wildman–Crippen MR) is 64.6 cm³/mol. The van der Waals surface area contributed by atoms with Gasteiger partial charge >= 0.3 is 5.97 Å². The van der Waals surface area contributed by atoms with Crippen molar-refractivity contribution in [2.45, 2.75) is 6.54 Å². The second-order valence-electron chi connectivity index (χ2n) is 3.92. The highest BCUT2D eigenvalue weighted by atomic mass is 16.5. The molecule has 6 heteroatoms. The summed E-state index contributed by atoms with van der Waals surface area (Å²) in [6.07, 6.45) is 0. The summed E-state index contributed by atoms with van der Waals surface area (Å²) in [6, 6.07) is 4.42. The molecule has 0 radical (unpaired) electrons. The molecule has 0 atom stereocenters. The van der Waals surface area contributed by atoms with Crippen LogP contribution in [0.15, 0.2) is 18.2 Å². The number of aliphatic carboxylic acids is 1. The second kappa shape index (κ2) is 6.83. The molecule has 0 saturated carbocycles. The molecular formula is C12H17NO5. The Morgan fingerprint density at radius 3 is 2.61 bits per heavy atom. The van der Waals surface area contributed by atoms with E-state index < -0.39 is 5.97 Å². The third-order valence-corrected chi connectivity index (χ3v) is 2.42. The van der Waals surface area contributed by atoms with Crippen LogP contribution in [0.3, 0.4) is 0 Å². The smallest absolute Gasteiger partial charge is 0.317 e. The zero-order valence-corrected chi connectivity index (χ0v) is 10.2. The molecule has 6 nitrogen and oxygen atoms in total. The van der Waals surface area contributed by atoms with E-state index in [9.17, 15) is 15.0 Å². The average molecular weight is 255 g/mol. The monoisotopic (exact) mass is 255 g/mol. The Morgan fingerprint density at radius 2 is 2.06 bits per heavy atom. The van der Waals surface area contributed by atoms with E-state index in [4.69, 9.17) is 9.84 Å². The van der Waals surface area contributed by atoms with Crippen molar-refractivity contribution in [2.24, 2.45) is 0 Å². The highest BCUT2D eigenvalue weighted by molar-refractivity contribution is 5.69. The predicted octanol–water partition coefficient (Wildman–Crippen LogP) is 0.631. The molecule has 0 bridgehead atoms. The highest BCUT2D eigenvalue weighted by Crippen LogP contribution is 2.25. The van der Waals surface area contributed by atoms with Crippen molar-refractivity contribution in [3.63, 3.8) is 0 Å². The summed E-state index contributed by atoms with van der Waals surface area (Å²) in [5, 5.41) is 27.3. The Labute approximate surface area is 105 Å². The quantitative estimate of drug-likeness (QED) is 0.619. The molecule has 18 heavy (non-hydrogen) atoms. The Hall–Kier alpha value is -1.79. The summed E-state index contributed by atoms with van der Waals surface area (Å²) in [5.74, 6) is -1.33. The first-order valence-electron chi connectivity index (χ1n) is 5.47. The number of methoxy groups -OCH3 is 1. The van der Waals surface area contributed by atoms with Crippen molar-refractivity contribution in [3.05, 3.63) is 23.8 Å². The van der Waals surface area contributed by atoms with Crippen LogP contribution in [0.25, 0.3) is 0 Å². The number of phenols is 2. The van der Waals surface area contributed by atoms with Gasteiger partial charge in [-0.15, -0.1) is 0 Å². The molecule has 0 aliphatic heterocycles. The minimum absolute atomic E-state index is 0.106. The maximum absolute atomic E-state index is 10.7. The van der Waals surface area contributed by atoms with Crippen LogP contribution in [0, 0.1) is 0 Å². The second-order valence-corrected chi connectivity index (χ2v) is 3.92. The van der Waals surface area contributed by atoms with Crippen LogP contribution in [0.2, 0.25) is 0 Å². The van der Waals surface area contributed by atoms with Crippen LogP contribution in [0.4, 0.5) is 0 Å². The Kier molecular flexibility index (Phi) is 5.41. The number of phenolic OH excluding ortho intramolecular Hbond substituents is 2. The fourth-order valence-corrected chi connectivity index (χ4v) is 1.55. The van der Waals surface area contributed by atoms with E-state index in [1.54, 1.807) is 18.1 Å². The van der Waals surface area contributed by atoms with Crippen LogP contribution in [0.5, 0.6) is 11.5 Å². The molecule has 0 unspecified atom stereocenters. The van der Waals surface area contributed by atoms with E-state index >= 15 is 0 Å². The minimum Gasteiger partial charge on any atom is -0.504 e. The molecule has 0 heterocycles. The van der Waals surface area contributed by atoms with Crippen LogP contribution in [-0.2, 0) is 16.1 Å². The van der Waals surface area contributed by atoms with Gasteiger partial charge in [-0.2, -0.15) is 0 Å². The summed E-state index contributed by atoms with van der Waals surface area (Å²) in [5.41, 5.74) is 0.725. The standard InChI is InChI=1S/C12H17NO5/c1-18-5-4-13(8-12(16)17)7-9-2-3-10(14)11(15)6-9/h2-3,6,14-15H,4-5,7-8H2,1H3,(H,16,17). The SMILES string of the molecule is COCCN(CC(=O)O)Cc1ccc(O)c(O)c1. The fraction of sp³-hybridized carbons (Fsp3) is 0.417. The lowest BCUT2D eigenvalue weighted by atomic mass is 10.2. The molecule has 1 aromatic rings. The van der Waals surface area contributed by atoms with Crippen molar-refractivity contribution < 1.29 is 24.9 Å². The van der Waals surface area contributed by atoms with Gasteiger partial charge in [-0.05, 0) is 17.7 Å². The molecule has 100 valence electrons. The lowest BCUT2D eigenvalue weighted by Crippen LogP contribution is -2.32. The van der Waals surface area contributed by atoms with Gasteiger partial charge in [0.25, 0.3) is 0 Å². The number of nitrogens with zero attached hydrogens (tertiary/aromatic N) is 1. The summed E-state index contributed by atoms with van der Waals surface area (Å²) in [6.45, 7) is 1.16. The van der Waals surface area contributed by atoms with Gasteiger partial charge in [0, 0.05) is 20.2 Å². The number of ether oxygens (including phenoxy) is 1. The zero-order valence-electron chi connectivity index (χ0n) is 10.2. The molecule has 0 aromatic heterocycles.